The summed E-state index contributed by atoms with van der Waals surface area (Å²) in [5.74, 6) is -0.895. The van der Waals surface area contributed by atoms with Gasteiger partial charge in [-0.05, 0) is 36.8 Å². The Morgan fingerprint density at radius 2 is 2.00 bits per heavy atom. The van der Waals surface area contributed by atoms with E-state index in [-0.39, 0.29) is 11.6 Å². The number of benzene rings is 1. The molecule has 19 heavy (non-hydrogen) atoms. The van der Waals surface area contributed by atoms with Gasteiger partial charge in [0.2, 0.25) is 0 Å². The minimum Gasteiger partial charge on any atom is -0.377 e. The predicted molar refractivity (Wildman–Crippen MR) is 67.3 cm³/mol. The van der Waals surface area contributed by atoms with Crippen LogP contribution in [0.15, 0.2) is 36.7 Å². The van der Waals surface area contributed by atoms with Gasteiger partial charge in [0.1, 0.15) is 17.7 Å². The first kappa shape index (κ1) is 13.0. The van der Waals surface area contributed by atoms with Gasteiger partial charge in [0, 0.05) is 6.20 Å². The molecule has 96 valence electrons. The van der Waals surface area contributed by atoms with Gasteiger partial charge < -0.3 is 5.32 Å². The highest BCUT2D eigenvalue weighted by Crippen LogP contribution is 2.22. The van der Waals surface area contributed by atoms with Crippen LogP contribution in [0.5, 0.6) is 0 Å². The molecule has 0 bridgehead atoms. The van der Waals surface area contributed by atoms with E-state index in [0.717, 1.165) is 12.3 Å². The number of hydrogen-bond acceptors (Lipinski definition) is 3. The summed E-state index contributed by atoms with van der Waals surface area (Å²) in [6, 6.07) is 6.92. The number of anilines is 1. The maximum Gasteiger partial charge on any atom is 0.141 e. The molecular weight excluding hydrogens is 248 g/mol. The minimum atomic E-state index is -0.470. The normalized spacial score (nSPS) is 11.7. The maximum absolute atomic E-state index is 13.1. The molecule has 1 unspecified atom stereocenters. The molecule has 1 N–H and O–H groups in total. The van der Waals surface area contributed by atoms with Crippen LogP contribution in [0.3, 0.4) is 0 Å². The molecule has 0 fully saturated rings. The molecule has 1 aromatic carbocycles. The lowest BCUT2D eigenvalue weighted by Crippen LogP contribution is -2.08. The summed E-state index contributed by atoms with van der Waals surface area (Å²) in [4.78, 5) is 3.76. The number of aromatic nitrogens is 1. The fourth-order valence-electron chi connectivity index (χ4n) is 1.72. The van der Waals surface area contributed by atoms with E-state index in [2.05, 4.69) is 10.3 Å². The predicted octanol–water partition coefficient (Wildman–Crippen LogP) is 3.40. The SMILES string of the molecule is CC(Nc1ccc(F)cc1C#N)c1cncc(F)c1. The number of nitrogens with one attached hydrogen (secondary N) is 1. The zero-order valence-corrected chi connectivity index (χ0v) is 10.2. The summed E-state index contributed by atoms with van der Waals surface area (Å²) in [5.41, 5.74) is 1.35. The quantitative estimate of drug-likeness (QED) is 0.918. The Balaban J connectivity index is 2.24. The van der Waals surface area contributed by atoms with Gasteiger partial charge in [-0.1, -0.05) is 0 Å². The first-order valence-electron chi connectivity index (χ1n) is 5.67. The van der Waals surface area contributed by atoms with Crippen molar-refractivity contribution in [1.29, 1.82) is 5.26 Å². The largest absolute Gasteiger partial charge is 0.377 e. The average Bonchev–Trinajstić information content (AvgIpc) is 2.40. The van der Waals surface area contributed by atoms with Gasteiger partial charge in [-0.15, -0.1) is 0 Å². The van der Waals surface area contributed by atoms with Gasteiger partial charge in [-0.2, -0.15) is 5.26 Å². The maximum atomic E-state index is 13.1. The van der Waals surface area contributed by atoms with Crippen LogP contribution in [-0.4, -0.2) is 4.98 Å². The Kier molecular flexibility index (Phi) is 3.71. The van der Waals surface area contributed by atoms with Crippen LogP contribution in [0.2, 0.25) is 0 Å². The molecule has 0 saturated heterocycles. The number of nitriles is 1. The lowest BCUT2D eigenvalue weighted by atomic mass is 10.1. The van der Waals surface area contributed by atoms with E-state index in [1.165, 1.54) is 24.4 Å². The van der Waals surface area contributed by atoms with Gasteiger partial charge >= 0.3 is 0 Å². The number of nitrogens with zero attached hydrogens (tertiary/aromatic N) is 2. The van der Waals surface area contributed by atoms with Crippen molar-refractivity contribution in [3.63, 3.8) is 0 Å². The third kappa shape index (κ3) is 3.05. The molecule has 1 aromatic heterocycles. The summed E-state index contributed by atoms with van der Waals surface area (Å²) < 4.78 is 26.1. The highest BCUT2D eigenvalue weighted by atomic mass is 19.1. The fraction of sp³-hybridized carbons (Fsp3) is 0.143. The minimum absolute atomic E-state index is 0.205. The fourth-order valence-corrected chi connectivity index (χ4v) is 1.72. The highest BCUT2D eigenvalue weighted by molar-refractivity contribution is 5.58. The summed E-state index contributed by atoms with van der Waals surface area (Å²) >= 11 is 0. The van der Waals surface area contributed by atoms with Crippen molar-refractivity contribution in [1.82, 2.24) is 4.98 Å². The summed E-state index contributed by atoms with van der Waals surface area (Å²) in [7, 11) is 0. The Morgan fingerprint density at radius 3 is 2.68 bits per heavy atom. The topological polar surface area (TPSA) is 48.7 Å². The number of pyridine rings is 1. The van der Waals surface area contributed by atoms with E-state index in [0.29, 0.717) is 11.3 Å². The van der Waals surface area contributed by atoms with E-state index in [1.807, 2.05) is 6.07 Å². The molecule has 2 rings (SSSR count). The lowest BCUT2D eigenvalue weighted by molar-refractivity contribution is 0.616. The van der Waals surface area contributed by atoms with Crippen LogP contribution in [0.25, 0.3) is 0 Å². The Bertz CT molecular complexity index is 635. The Hall–Kier alpha value is -2.48. The molecule has 5 heteroatoms. The zero-order valence-electron chi connectivity index (χ0n) is 10.2. The second-order valence-corrected chi connectivity index (χ2v) is 4.10. The van der Waals surface area contributed by atoms with E-state index in [1.54, 1.807) is 6.92 Å². The van der Waals surface area contributed by atoms with Crippen LogP contribution in [0, 0.1) is 23.0 Å². The van der Waals surface area contributed by atoms with E-state index < -0.39 is 11.6 Å². The van der Waals surface area contributed by atoms with Crippen molar-refractivity contribution in [2.24, 2.45) is 0 Å². The molecular formula is C14H11F2N3. The van der Waals surface area contributed by atoms with Crippen LogP contribution in [0.1, 0.15) is 24.1 Å². The van der Waals surface area contributed by atoms with Crippen molar-refractivity contribution in [2.45, 2.75) is 13.0 Å². The summed E-state index contributed by atoms with van der Waals surface area (Å²) in [6.45, 7) is 1.81. The van der Waals surface area contributed by atoms with Crippen LogP contribution in [0.4, 0.5) is 14.5 Å². The van der Waals surface area contributed by atoms with E-state index in [4.69, 9.17) is 5.26 Å². The smallest absolute Gasteiger partial charge is 0.141 e. The van der Waals surface area contributed by atoms with E-state index >= 15 is 0 Å². The summed E-state index contributed by atoms with van der Waals surface area (Å²) in [5, 5.41) is 12.0. The average molecular weight is 259 g/mol. The molecule has 0 saturated carbocycles. The van der Waals surface area contributed by atoms with Gasteiger partial charge in [0.15, 0.2) is 0 Å². The van der Waals surface area contributed by atoms with Gasteiger partial charge in [-0.25, -0.2) is 8.78 Å². The second-order valence-electron chi connectivity index (χ2n) is 4.10. The van der Waals surface area contributed by atoms with Crippen molar-refractivity contribution < 1.29 is 8.78 Å². The molecule has 0 aliphatic rings. The number of halogens is 2. The monoisotopic (exact) mass is 259 g/mol. The Morgan fingerprint density at radius 1 is 1.21 bits per heavy atom. The van der Waals surface area contributed by atoms with Crippen molar-refractivity contribution >= 4 is 5.69 Å². The van der Waals surface area contributed by atoms with Crippen LogP contribution >= 0.6 is 0 Å². The molecule has 0 aliphatic carbocycles. The third-order valence-electron chi connectivity index (χ3n) is 2.70. The van der Waals surface area contributed by atoms with Crippen molar-refractivity contribution in [3.05, 3.63) is 59.4 Å². The standard InChI is InChI=1S/C14H11F2N3/c1-9(11-5-13(16)8-18-7-11)19-14-3-2-12(15)4-10(14)6-17/h2-5,7-9,19H,1H3. The van der Waals surface area contributed by atoms with Gasteiger partial charge in [0.05, 0.1) is 23.5 Å². The first-order chi connectivity index (χ1) is 9.10. The molecule has 0 radical (unpaired) electrons. The zero-order chi connectivity index (χ0) is 13.8. The second kappa shape index (κ2) is 5.44. The number of hydrogen-bond donors (Lipinski definition) is 1. The molecule has 2 aromatic rings. The first-order valence-corrected chi connectivity index (χ1v) is 5.67. The molecule has 0 amide bonds. The van der Waals surface area contributed by atoms with Crippen LogP contribution in [-0.2, 0) is 0 Å². The molecule has 0 aliphatic heterocycles. The Labute approximate surface area is 109 Å². The highest BCUT2D eigenvalue weighted by Gasteiger charge is 2.10. The molecule has 3 nitrogen and oxygen atoms in total. The summed E-state index contributed by atoms with van der Waals surface area (Å²) in [6.07, 6.45) is 2.66. The van der Waals surface area contributed by atoms with Crippen LogP contribution < -0.4 is 5.32 Å². The molecule has 1 atom stereocenters. The molecule has 0 spiro atoms. The number of rotatable bonds is 3. The van der Waals surface area contributed by atoms with Crippen molar-refractivity contribution in [3.8, 4) is 6.07 Å². The molecule has 1 heterocycles. The lowest BCUT2D eigenvalue weighted by Gasteiger charge is -2.16. The van der Waals surface area contributed by atoms with Gasteiger partial charge in [0.25, 0.3) is 0 Å². The van der Waals surface area contributed by atoms with Crippen molar-refractivity contribution in [2.75, 3.05) is 5.32 Å². The van der Waals surface area contributed by atoms with E-state index in [9.17, 15) is 8.78 Å². The van der Waals surface area contributed by atoms with Gasteiger partial charge in [-0.3, -0.25) is 4.98 Å². The third-order valence-corrected chi connectivity index (χ3v) is 2.70.